The van der Waals surface area contributed by atoms with Gasteiger partial charge in [-0.1, -0.05) is 66.7 Å². The van der Waals surface area contributed by atoms with Crippen molar-refractivity contribution < 1.29 is 5.11 Å². The van der Waals surface area contributed by atoms with Crippen LogP contribution in [0.15, 0.2) is 91.1 Å². The van der Waals surface area contributed by atoms with E-state index in [1.165, 1.54) is 11.1 Å². The molecule has 0 radical (unpaired) electrons. The molecule has 0 bridgehead atoms. The Morgan fingerprint density at radius 3 is 2.04 bits per heavy atom. The molecule has 1 heterocycles. The quantitative estimate of drug-likeness (QED) is 0.494. The Labute approximate surface area is 159 Å². The zero-order valence-electron chi connectivity index (χ0n) is 15.3. The number of fused-ring (bicyclic) bond motifs is 1. The molecule has 2 N–H and O–H groups in total. The van der Waals surface area contributed by atoms with Gasteiger partial charge in [-0.3, -0.25) is 4.90 Å². The molecular weight excluding hydrogens is 332 g/mol. The maximum atomic E-state index is 10.9. The minimum atomic E-state index is -0.531. The van der Waals surface area contributed by atoms with Gasteiger partial charge in [-0.2, -0.15) is 0 Å². The van der Waals surface area contributed by atoms with E-state index < -0.39 is 6.10 Å². The molecule has 3 heteroatoms. The van der Waals surface area contributed by atoms with Crippen LogP contribution in [0.5, 0.6) is 0 Å². The monoisotopic (exact) mass is 356 g/mol. The summed E-state index contributed by atoms with van der Waals surface area (Å²) < 4.78 is 0. The van der Waals surface area contributed by atoms with Gasteiger partial charge in [0, 0.05) is 31.3 Å². The van der Waals surface area contributed by atoms with Crippen LogP contribution in [0.2, 0.25) is 0 Å². The van der Waals surface area contributed by atoms with Crippen LogP contribution in [-0.2, 0) is 13.1 Å². The number of H-pyrrole nitrogens is 1. The molecule has 0 spiro atoms. The summed E-state index contributed by atoms with van der Waals surface area (Å²) in [6.45, 7) is 2.19. The van der Waals surface area contributed by atoms with E-state index in [0.29, 0.717) is 6.54 Å². The third-order valence-corrected chi connectivity index (χ3v) is 4.89. The summed E-state index contributed by atoms with van der Waals surface area (Å²) in [7, 11) is 0. The summed E-state index contributed by atoms with van der Waals surface area (Å²) in [6.07, 6.45) is 1.40. The first-order valence-electron chi connectivity index (χ1n) is 9.33. The number of aliphatic hydroxyl groups excluding tert-OH is 1. The molecule has 0 aliphatic heterocycles. The van der Waals surface area contributed by atoms with E-state index >= 15 is 0 Å². The summed E-state index contributed by atoms with van der Waals surface area (Å²) in [5.74, 6) is 0. The maximum Gasteiger partial charge on any atom is 0.0917 e. The topological polar surface area (TPSA) is 39.3 Å². The number of aromatic amines is 1. The summed E-state index contributed by atoms with van der Waals surface area (Å²) in [4.78, 5) is 5.50. The molecule has 4 rings (SSSR count). The molecule has 0 amide bonds. The molecule has 0 saturated carbocycles. The second kappa shape index (κ2) is 8.21. The summed E-state index contributed by atoms with van der Waals surface area (Å²) in [6, 6.07) is 29.0. The van der Waals surface area contributed by atoms with Gasteiger partial charge in [0.15, 0.2) is 0 Å². The first-order chi connectivity index (χ1) is 13.3. The minimum absolute atomic E-state index is 0.531. The number of benzene rings is 3. The lowest BCUT2D eigenvalue weighted by Crippen LogP contribution is -2.28. The Balaban J connectivity index is 1.53. The van der Waals surface area contributed by atoms with Gasteiger partial charge in [0.1, 0.15) is 0 Å². The Bertz CT molecular complexity index is 937. The highest BCUT2D eigenvalue weighted by molar-refractivity contribution is 5.80. The predicted molar refractivity (Wildman–Crippen MR) is 110 cm³/mol. The van der Waals surface area contributed by atoms with Crippen LogP contribution in [0.25, 0.3) is 10.9 Å². The molecule has 1 atom stereocenters. The molecule has 0 aliphatic rings. The van der Waals surface area contributed by atoms with Gasteiger partial charge < -0.3 is 10.1 Å². The fourth-order valence-electron chi connectivity index (χ4n) is 3.50. The Morgan fingerprint density at radius 1 is 0.778 bits per heavy atom. The van der Waals surface area contributed by atoms with Crippen molar-refractivity contribution in [2.45, 2.75) is 19.2 Å². The molecule has 3 nitrogen and oxygen atoms in total. The van der Waals surface area contributed by atoms with Crippen LogP contribution in [0.4, 0.5) is 0 Å². The molecule has 4 aromatic rings. The highest BCUT2D eigenvalue weighted by Crippen LogP contribution is 2.22. The normalized spacial score (nSPS) is 12.5. The first kappa shape index (κ1) is 17.5. The Morgan fingerprint density at radius 2 is 1.41 bits per heavy atom. The van der Waals surface area contributed by atoms with Gasteiger partial charge in [-0.15, -0.1) is 0 Å². The Kier molecular flexibility index (Phi) is 5.33. The number of aromatic nitrogens is 1. The number of nitrogens with zero attached hydrogens (tertiary/aromatic N) is 1. The number of hydrogen-bond acceptors (Lipinski definition) is 2. The SMILES string of the molecule is O[C@@H](CN(Cc1ccccc1)Cc1ccccc1)c1ccc2[nH]ccc2c1. The van der Waals surface area contributed by atoms with Crippen LogP contribution >= 0.6 is 0 Å². The third-order valence-electron chi connectivity index (χ3n) is 4.89. The number of nitrogens with one attached hydrogen (secondary N) is 1. The molecule has 3 aromatic carbocycles. The van der Waals surface area contributed by atoms with E-state index in [0.717, 1.165) is 29.6 Å². The van der Waals surface area contributed by atoms with E-state index in [9.17, 15) is 5.11 Å². The lowest BCUT2D eigenvalue weighted by atomic mass is 10.1. The molecule has 1 aromatic heterocycles. The van der Waals surface area contributed by atoms with Crippen molar-refractivity contribution >= 4 is 10.9 Å². The Hall–Kier alpha value is -2.88. The van der Waals surface area contributed by atoms with Crippen molar-refractivity contribution in [2.75, 3.05) is 6.54 Å². The molecule has 0 saturated heterocycles. The predicted octanol–water partition coefficient (Wildman–Crippen LogP) is 4.90. The minimum Gasteiger partial charge on any atom is -0.387 e. The van der Waals surface area contributed by atoms with Gasteiger partial charge in [-0.05, 0) is 40.3 Å². The van der Waals surface area contributed by atoms with Crippen LogP contribution in [0.1, 0.15) is 22.8 Å². The molecule has 0 fully saturated rings. The smallest absolute Gasteiger partial charge is 0.0917 e. The van der Waals surface area contributed by atoms with Crippen LogP contribution in [-0.4, -0.2) is 21.5 Å². The van der Waals surface area contributed by atoms with Gasteiger partial charge in [-0.25, -0.2) is 0 Å². The van der Waals surface area contributed by atoms with Crippen molar-refractivity contribution in [2.24, 2.45) is 0 Å². The third kappa shape index (κ3) is 4.45. The van der Waals surface area contributed by atoms with Gasteiger partial charge in [0.25, 0.3) is 0 Å². The highest BCUT2D eigenvalue weighted by atomic mass is 16.3. The molecule has 27 heavy (non-hydrogen) atoms. The molecule has 136 valence electrons. The van der Waals surface area contributed by atoms with E-state index in [4.69, 9.17) is 0 Å². The second-order valence-electron chi connectivity index (χ2n) is 6.98. The van der Waals surface area contributed by atoms with Crippen molar-refractivity contribution in [3.8, 4) is 0 Å². The summed E-state index contributed by atoms with van der Waals surface area (Å²) >= 11 is 0. The van der Waals surface area contributed by atoms with Crippen molar-refractivity contribution in [1.82, 2.24) is 9.88 Å². The molecular formula is C24H24N2O. The molecule has 0 aliphatic carbocycles. The van der Waals surface area contributed by atoms with Crippen LogP contribution in [0, 0.1) is 0 Å². The van der Waals surface area contributed by atoms with Crippen molar-refractivity contribution in [3.05, 3.63) is 108 Å². The van der Waals surface area contributed by atoms with Crippen molar-refractivity contribution in [1.29, 1.82) is 0 Å². The fourth-order valence-corrected chi connectivity index (χ4v) is 3.50. The van der Waals surface area contributed by atoms with E-state index in [-0.39, 0.29) is 0 Å². The maximum absolute atomic E-state index is 10.9. The highest BCUT2D eigenvalue weighted by Gasteiger charge is 2.15. The average molecular weight is 356 g/mol. The number of aliphatic hydroxyl groups is 1. The number of rotatable bonds is 7. The second-order valence-corrected chi connectivity index (χ2v) is 6.98. The van der Waals surface area contributed by atoms with E-state index in [1.54, 1.807) is 0 Å². The average Bonchev–Trinajstić information content (AvgIpc) is 3.17. The summed E-state index contributed by atoms with van der Waals surface area (Å²) in [5.41, 5.74) is 4.55. The zero-order chi connectivity index (χ0) is 18.5. The largest absolute Gasteiger partial charge is 0.387 e. The zero-order valence-corrected chi connectivity index (χ0v) is 15.3. The first-order valence-corrected chi connectivity index (χ1v) is 9.33. The lowest BCUT2D eigenvalue weighted by Gasteiger charge is -2.25. The van der Waals surface area contributed by atoms with Gasteiger partial charge in [0.2, 0.25) is 0 Å². The van der Waals surface area contributed by atoms with Gasteiger partial charge in [0.05, 0.1) is 6.10 Å². The van der Waals surface area contributed by atoms with Crippen molar-refractivity contribution in [3.63, 3.8) is 0 Å². The standard InChI is InChI=1S/C24H24N2O/c27-24(22-11-12-23-21(15-22)13-14-25-23)18-26(16-19-7-3-1-4-8-19)17-20-9-5-2-6-10-20/h1-15,24-25,27H,16-18H2/t24-/m0/s1. The van der Waals surface area contributed by atoms with Crippen LogP contribution < -0.4 is 0 Å². The van der Waals surface area contributed by atoms with E-state index in [2.05, 4.69) is 64.5 Å². The van der Waals surface area contributed by atoms with Crippen LogP contribution in [0.3, 0.4) is 0 Å². The summed E-state index contributed by atoms with van der Waals surface area (Å²) in [5, 5.41) is 12.0. The number of hydrogen-bond donors (Lipinski definition) is 2. The van der Waals surface area contributed by atoms with Gasteiger partial charge >= 0.3 is 0 Å². The van der Waals surface area contributed by atoms with E-state index in [1.807, 2.05) is 36.5 Å². The fraction of sp³-hybridized carbons (Fsp3) is 0.167. The lowest BCUT2D eigenvalue weighted by molar-refractivity contribution is 0.105. The molecule has 0 unspecified atom stereocenters.